The van der Waals surface area contributed by atoms with E-state index in [1.807, 2.05) is 48.7 Å². The lowest BCUT2D eigenvalue weighted by molar-refractivity contribution is 0.620. The summed E-state index contributed by atoms with van der Waals surface area (Å²) in [7, 11) is 0. The van der Waals surface area contributed by atoms with E-state index in [-0.39, 0.29) is 0 Å². The summed E-state index contributed by atoms with van der Waals surface area (Å²) in [6.07, 6.45) is 1.85. The Balaban J connectivity index is 1.57. The van der Waals surface area contributed by atoms with Crippen molar-refractivity contribution in [3.8, 4) is 33.7 Å². The summed E-state index contributed by atoms with van der Waals surface area (Å²) in [5, 5.41) is 1.13. The molecule has 0 N–H and O–H groups in total. The van der Waals surface area contributed by atoms with Crippen LogP contribution >= 0.6 is 0 Å². The molecule has 0 fully saturated rings. The smallest absolute Gasteiger partial charge is 0.227 e. The molecule has 6 aromatic rings. The largest absolute Gasteiger partial charge is 0.436 e. The van der Waals surface area contributed by atoms with Crippen molar-refractivity contribution in [3.05, 3.63) is 109 Å². The molecule has 3 nitrogen and oxygen atoms in total. The highest BCUT2D eigenvalue weighted by molar-refractivity contribution is 6.02. The zero-order chi connectivity index (χ0) is 20.6. The van der Waals surface area contributed by atoms with Crippen LogP contribution in [0.2, 0.25) is 0 Å². The van der Waals surface area contributed by atoms with E-state index in [1.54, 1.807) is 0 Å². The van der Waals surface area contributed by atoms with Crippen molar-refractivity contribution >= 4 is 22.0 Å². The van der Waals surface area contributed by atoms with Crippen molar-refractivity contribution in [3.63, 3.8) is 0 Å². The van der Waals surface area contributed by atoms with Crippen LogP contribution in [-0.4, -0.2) is 9.97 Å². The summed E-state index contributed by atoms with van der Waals surface area (Å²) in [5.41, 5.74) is 8.13. The van der Waals surface area contributed by atoms with Gasteiger partial charge in [-0.1, -0.05) is 72.8 Å². The van der Waals surface area contributed by atoms with Crippen molar-refractivity contribution in [1.29, 1.82) is 0 Å². The molecule has 0 aliphatic rings. The molecule has 0 amide bonds. The Labute approximate surface area is 179 Å². The van der Waals surface area contributed by atoms with Gasteiger partial charge in [-0.25, -0.2) is 4.98 Å². The minimum Gasteiger partial charge on any atom is -0.436 e. The van der Waals surface area contributed by atoms with Gasteiger partial charge in [-0.2, -0.15) is 0 Å². The molecule has 2 heterocycles. The quantitative estimate of drug-likeness (QED) is 0.312. The first-order valence-electron chi connectivity index (χ1n) is 10.3. The standard InChI is InChI=1S/C28H18N2O/c1-2-8-19(9-3-1)26-23(16-15-20-12-7-17-29-27(20)26)21-10-6-11-22(18-21)28-30-24-13-4-5-14-25(24)31-28/h1-18H. The molecule has 0 spiro atoms. The highest BCUT2D eigenvalue weighted by atomic mass is 16.3. The van der Waals surface area contributed by atoms with Gasteiger partial charge in [0.15, 0.2) is 5.58 Å². The highest BCUT2D eigenvalue weighted by Crippen LogP contribution is 2.38. The number of pyridine rings is 1. The van der Waals surface area contributed by atoms with Crippen LogP contribution in [0.5, 0.6) is 0 Å². The number of aromatic nitrogens is 2. The van der Waals surface area contributed by atoms with Gasteiger partial charge in [-0.3, -0.25) is 4.98 Å². The number of rotatable bonds is 3. The van der Waals surface area contributed by atoms with Gasteiger partial charge in [0.25, 0.3) is 0 Å². The van der Waals surface area contributed by atoms with Gasteiger partial charge < -0.3 is 4.42 Å². The van der Waals surface area contributed by atoms with Crippen LogP contribution in [0.1, 0.15) is 0 Å². The maximum atomic E-state index is 6.01. The summed E-state index contributed by atoms with van der Waals surface area (Å²) in [6.45, 7) is 0. The number of hydrogen-bond acceptors (Lipinski definition) is 3. The monoisotopic (exact) mass is 398 g/mol. The Bertz CT molecular complexity index is 1500. The average Bonchev–Trinajstić information content (AvgIpc) is 3.28. The zero-order valence-corrected chi connectivity index (χ0v) is 16.7. The average molecular weight is 398 g/mol. The number of fused-ring (bicyclic) bond motifs is 2. The van der Waals surface area contributed by atoms with E-state index in [0.717, 1.165) is 49.8 Å². The molecule has 0 saturated heterocycles. The second-order valence-corrected chi connectivity index (χ2v) is 7.50. The van der Waals surface area contributed by atoms with Crippen LogP contribution in [0.4, 0.5) is 0 Å². The summed E-state index contributed by atoms with van der Waals surface area (Å²) in [6, 6.07) is 35.0. The third-order valence-electron chi connectivity index (χ3n) is 5.55. The van der Waals surface area contributed by atoms with Crippen LogP contribution in [0.15, 0.2) is 114 Å². The molecule has 0 aliphatic carbocycles. The van der Waals surface area contributed by atoms with E-state index >= 15 is 0 Å². The molecule has 31 heavy (non-hydrogen) atoms. The Morgan fingerprint density at radius 2 is 1.42 bits per heavy atom. The Kier molecular flexibility index (Phi) is 4.10. The summed E-state index contributed by atoms with van der Waals surface area (Å²) < 4.78 is 6.01. The van der Waals surface area contributed by atoms with E-state index in [4.69, 9.17) is 9.40 Å². The first kappa shape index (κ1) is 17.6. The van der Waals surface area contributed by atoms with E-state index in [1.165, 1.54) is 0 Å². The number of oxazole rings is 1. The van der Waals surface area contributed by atoms with Crippen molar-refractivity contribution in [2.45, 2.75) is 0 Å². The van der Waals surface area contributed by atoms with E-state index in [2.05, 4.69) is 65.6 Å². The molecule has 0 atom stereocenters. The predicted octanol–water partition coefficient (Wildman–Crippen LogP) is 7.38. The Hall–Kier alpha value is -4.24. The van der Waals surface area contributed by atoms with Crippen molar-refractivity contribution < 1.29 is 4.42 Å². The third-order valence-corrected chi connectivity index (χ3v) is 5.55. The van der Waals surface area contributed by atoms with Crippen LogP contribution < -0.4 is 0 Å². The summed E-state index contributed by atoms with van der Waals surface area (Å²) >= 11 is 0. The number of hydrogen-bond donors (Lipinski definition) is 0. The maximum absolute atomic E-state index is 6.01. The van der Waals surface area contributed by atoms with Crippen molar-refractivity contribution in [1.82, 2.24) is 9.97 Å². The molecule has 3 heteroatoms. The van der Waals surface area contributed by atoms with E-state index < -0.39 is 0 Å². The Morgan fingerprint density at radius 3 is 2.32 bits per heavy atom. The maximum Gasteiger partial charge on any atom is 0.227 e. The summed E-state index contributed by atoms with van der Waals surface area (Å²) in [5.74, 6) is 0.628. The lowest BCUT2D eigenvalue weighted by Gasteiger charge is -2.14. The molecule has 0 bridgehead atoms. The van der Waals surface area contributed by atoms with Crippen LogP contribution in [0, 0.1) is 0 Å². The molecular weight excluding hydrogens is 380 g/mol. The van der Waals surface area contributed by atoms with Crippen molar-refractivity contribution in [2.75, 3.05) is 0 Å². The predicted molar refractivity (Wildman–Crippen MR) is 126 cm³/mol. The molecule has 6 rings (SSSR count). The van der Waals surface area contributed by atoms with Crippen LogP contribution in [0.25, 0.3) is 55.7 Å². The molecule has 4 aromatic carbocycles. The van der Waals surface area contributed by atoms with Gasteiger partial charge in [-0.15, -0.1) is 0 Å². The molecule has 0 unspecified atom stereocenters. The second-order valence-electron chi connectivity index (χ2n) is 7.50. The molecular formula is C28H18N2O. The molecule has 146 valence electrons. The first-order chi connectivity index (χ1) is 15.4. The first-order valence-corrected chi connectivity index (χ1v) is 10.3. The second kappa shape index (κ2) is 7.22. The van der Waals surface area contributed by atoms with Gasteiger partial charge in [0.1, 0.15) is 5.52 Å². The number of para-hydroxylation sites is 2. The number of nitrogens with zero attached hydrogens (tertiary/aromatic N) is 2. The highest BCUT2D eigenvalue weighted by Gasteiger charge is 2.14. The zero-order valence-electron chi connectivity index (χ0n) is 16.7. The normalized spacial score (nSPS) is 11.2. The number of benzene rings is 4. The lowest BCUT2D eigenvalue weighted by atomic mass is 9.91. The van der Waals surface area contributed by atoms with Crippen molar-refractivity contribution in [2.24, 2.45) is 0 Å². The fraction of sp³-hybridized carbons (Fsp3) is 0. The molecule has 0 radical (unpaired) electrons. The fourth-order valence-electron chi connectivity index (χ4n) is 4.10. The van der Waals surface area contributed by atoms with E-state index in [0.29, 0.717) is 5.89 Å². The molecule has 2 aromatic heterocycles. The van der Waals surface area contributed by atoms with Crippen LogP contribution in [0.3, 0.4) is 0 Å². The van der Waals surface area contributed by atoms with Crippen LogP contribution in [-0.2, 0) is 0 Å². The minimum absolute atomic E-state index is 0.628. The van der Waals surface area contributed by atoms with Gasteiger partial charge in [0, 0.05) is 22.7 Å². The van der Waals surface area contributed by atoms with Gasteiger partial charge in [0.2, 0.25) is 5.89 Å². The molecule has 0 saturated carbocycles. The topological polar surface area (TPSA) is 38.9 Å². The van der Waals surface area contributed by atoms with Gasteiger partial charge in [0.05, 0.1) is 5.52 Å². The molecule has 0 aliphatic heterocycles. The lowest BCUT2D eigenvalue weighted by Crippen LogP contribution is -1.90. The van der Waals surface area contributed by atoms with E-state index in [9.17, 15) is 0 Å². The minimum atomic E-state index is 0.628. The SMILES string of the molecule is c1ccc(-c2c(-c3cccc(-c4nc5ccccc5o4)c3)ccc3cccnc23)cc1. The fourth-order valence-corrected chi connectivity index (χ4v) is 4.10. The van der Waals surface area contributed by atoms with Gasteiger partial charge in [-0.05, 0) is 47.0 Å². The Morgan fingerprint density at radius 1 is 0.613 bits per heavy atom. The third kappa shape index (κ3) is 3.08. The summed E-state index contributed by atoms with van der Waals surface area (Å²) in [4.78, 5) is 9.39. The van der Waals surface area contributed by atoms with Gasteiger partial charge >= 0.3 is 0 Å².